The van der Waals surface area contributed by atoms with E-state index in [0.717, 1.165) is 13.2 Å². The number of methoxy groups -OCH3 is 1. The van der Waals surface area contributed by atoms with Crippen molar-refractivity contribution in [3.05, 3.63) is 28.9 Å². The summed E-state index contributed by atoms with van der Waals surface area (Å²) >= 11 is 5.91. The Morgan fingerprint density at radius 3 is 2.43 bits per heavy atom. The van der Waals surface area contributed by atoms with E-state index in [2.05, 4.69) is 8.92 Å². The average Bonchev–Trinajstić information content (AvgIpc) is 2.78. The molecule has 6 nitrogen and oxygen atoms in total. The molecule has 0 amide bonds. The molecule has 0 spiro atoms. The molecular weight excluding hydrogens is 363 g/mol. The second-order valence-corrected chi connectivity index (χ2v) is 6.29. The van der Waals surface area contributed by atoms with E-state index in [-0.39, 0.29) is 16.1 Å². The van der Waals surface area contributed by atoms with Crippen molar-refractivity contribution in [2.24, 2.45) is 7.05 Å². The molecule has 0 saturated heterocycles. The van der Waals surface area contributed by atoms with Crippen molar-refractivity contribution in [1.29, 1.82) is 0 Å². The van der Waals surface area contributed by atoms with Gasteiger partial charge >= 0.3 is 21.6 Å². The maximum atomic E-state index is 12.4. The van der Waals surface area contributed by atoms with Crippen LogP contribution in [0.3, 0.4) is 0 Å². The van der Waals surface area contributed by atoms with Gasteiger partial charge in [0.2, 0.25) is 0 Å². The second-order valence-electron chi connectivity index (χ2n) is 4.37. The molecule has 0 aliphatic heterocycles. The third-order valence-corrected chi connectivity index (χ3v) is 4.36. The summed E-state index contributed by atoms with van der Waals surface area (Å²) in [6.45, 7) is 0. The first-order valence-corrected chi connectivity index (χ1v) is 7.65. The lowest BCUT2D eigenvalue weighted by Crippen LogP contribution is -2.28. The van der Waals surface area contributed by atoms with Gasteiger partial charge in [0.1, 0.15) is 5.69 Å². The molecule has 0 aliphatic rings. The molecule has 0 bridgehead atoms. The molecule has 2 rings (SSSR count). The van der Waals surface area contributed by atoms with E-state index in [4.69, 9.17) is 11.6 Å². The highest BCUT2D eigenvalue weighted by Gasteiger charge is 2.48. The number of rotatable bonds is 3. The van der Waals surface area contributed by atoms with E-state index in [9.17, 15) is 26.4 Å². The first-order valence-electron chi connectivity index (χ1n) is 5.86. The van der Waals surface area contributed by atoms with E-state index in [1.165, 1.54) is 23.7 Å². The molecule has 0 aliphatic carbocycles. The maximum Gasteiger partial charge on any atom is 0.534 e. The molecule has 0 atom stereocenters. The zero-order valence-electron chi connectivity index (χ0n) is 11.6. The smallest absolute Gasteiger partial charge is 0.464 e. The number of alkyl halides is 3. The molecule has 11 heteroatoms. The highest BCUT2D eigenvalue weighted by molar-refractivity contribution is 7.88. The standard InChI is InChI=1S/C12H9ClF3NO5S/c1-17-7-3-4-9(22-23(19,20)12(14,15)16)10(13)6(7)5-8(17)11(18)21-2/h3-5H,1-2H3. The third kappa shape index (κ3) is 2.95. The van der Waals surface area contributed by atoms with Crippen molar-refractivity contribution in [3.63, 3.8) is 0 Å². The highest BCUT2D eigenvalue weighted by Crippen LogP contribution is 2.37. The van der Waals surface area contributed by atoms with Crippen LogP contribution in [0.25, 0.3) is 10.9 Å². The fraction of sp³-hybridized carbons (Fsp3) is 0.250. The number of halogens is 4. The first-order chi connectivity index (χ1) is 10.5. The Hall–Kier alpha value is -1.94. The summed E-state index contributed by atoms with van der Waals surface area (Å²) in [5.74, 6) is -1.39. The van der Waals surface area contributed by atoms with Crippen LogP contribution in [0.15, 0.2) is 18.2 Å². The van der Waals surface area contributed by atoms with Gasteiger partial charge in [0.15, 0.2) is 5.75 Å². The van der Waals surface area contributed by atoms with E-state index in [0.29, 0.717) is 5.52 Å². The van der Waals surface area contributed by atoms with Crippen molar-refractivity contribution in [3.8, 4) is 5.75 Å². The van der Waals surface area contributed by atoms with E-state index in [1.807, 2.05) is 0 Å². The number of ether oxygens (including phenoxy) is 1. The van der Waals surface area contributed by atoms with Crippen molar-refractivity contribution in [1.82, 2.24) is 4.57 Å². The minimum atomic E-state index is -5.85. The van der Waals surface area contributed by atoms with Gasteiger partial charge in [-0.3, -0.25) is 0 Å². The number of aromatic nitrogens is 1. The average molecular weight is 372 g/mol. The van der Waals surface area contributed by atoms with Gasteiger partial charge in [-0.05, 0) is 18.2 Å². The highest BCUT2D eigenvalue weighted by atomic mass is 35.5. The van der Waals surface area contributed by atoms with Crippen LogP contribution in [0.4, 0.5) is 13.2 Å². The Kier molecular flexibility index (Phi) is 4.24. The topological polar surface area (TPSA) is 74.6 Å². The number of hydrogen-bond donors (Lipinski definition) is 0. The fourth-order valence-corrected chi connectivity index (χ4v) is 2.65. The van der Waals surface area contributed by atoms with Crippen LogP contribution in [0.5, 0.6) is 5.75 Å². The summed E-state index contributed by atoms with van der Waals surface area (Å²) in [5.41, 5.74) is -5.12. The molecular formula is C12H9ClF3NO5S. The quantitative estimate of drug-likeness (QED) is 0.471. The number of hydrogen-bond acceptors (Lipinski definition) is 5. The van der Waals surface area contributed by atoms with Crippen LogP contribution < -0.4 is 4.18 Å². The van der Waals surface area contributed by atoms with Gasteiger partial charge in [-0.2, -0.15) is 21.6 Å². The first kappa shape index (κ1) is 17.4. The monoisotopic (exact) mass is 371 g/mol. The fourth-order valence-electron chi connectivity index (χ4n) is 1.89. The van der Waals surface area contributed by atoms with E-state index in [1.54, 1.807) is 0 Å². The van der Waals surface area contributed by atoms with Gasteiger partial charge in [-0.15, -0.1) is 0 Å². The SMILES string of the molecule is COC(=O)c1cc2c(Cl)c(OS(=O)(=O)C(F)(F)F)ccc2n1C. The Balaban J connectivity index is 2.58. The van der Waals surface area contributed by atoms with Crippen molar-refractivity contribution in [2.45, 2.75) is 5.51 Å². The van der Waals surface area contributed by atoms with E-state index < -0.39 is 27.3 Å². The van der Waals surface area contributed by atoms with Gasteiger partial charge in [0.25, 0.3) is 0 Å². The lowest BCUT2D eigenvalue weighted by atomic mass is 10.2. The molecule has 1 aromatic carbocycles. The molecule has 1 heterocycles. The number of carbonyl (C=O) groups is 1. The number of benzene rings is 1. The molecule has 2 aromatic rings. The van der Waals surface area contributed by atoms with Gasteiger partial charge < -0.3 is 13.5 Å². The predicted molar refractivity (Wildman–Crippen MR) is 74.9 cm³/mol. The van der Waals surface area contributed by atoms with Crippen LogP contribution in [0, 0.1) is 0 Å². The Morgan fingerprint density at radius 1 is 1.30 bits per heavy atom. The molecule has 1 aromatic heterocycles. The van der Waals surface area contributed by atoms with Crippen LogP contribution in [0.1, 0.15) is 10.5 Å². The summed E-state index contributed by atoms with van der Waals surface area (Å²) in [6, 6.07) is 3.50. The number of aryl methyl sites for hydroxylation is 1. The lowest BCUT2D eigenvalue weighted by molar-refractivity contribution is -0.0500. The van der Waals surface area contributed by atoms with Crippen LogP contribution >= 0.6 is 11.6 Å². The summed E-state index contributed by atoms with van der Waals surface area (Å²) < 4.78 is 69.2. The number of carbonyl (C=O) groups excluding carboxylic acids is 1. The van der Waals surface area contributed by atoms with Crippen LogP contribution in [0.2, 0.25) is 5.02 Å². The molecule has 0 radical (unpaired) electrons. The number of fused-ring (bicyclic) bond motifs is 1. The third-order valence-electron chi connectivity index (χ3n) is 3.00. The molecule has 0 N–H and O–H groups in total. The van der Waals surface area contributed by atoms with Gasteiger partial charge in [-0.1, -0.05) is 11.6 Å². The van der Waals surface area contributed by atoms with Crippen molar-refractivity contribution >= 4 is 38.6 Å². The lowest BCUT2D eigenvalue weighted by Gasteiger charge is -2.11. The van der Waals surface area contributed by atoms with Crippen molar-refractivity contribution < 1.29 is 35.3 Å². The molecule has 0 fully saturated rings. The molecule has 126 valence electrons. The summed E-state index contributed by atoms with van der Waals surface area (Å²) in [7, 11) is -3.18. The minimum Gasteiger partial charge on any atom is -0.464 e. The van der Waals surface area contributed by atoms with Gasteiger partial charge in [0.05, 0.1) is 17.6 Å². The van der Waals surface area contributed by atoms with Crippen LogP contribution in [-0.2, 0) is 21.9 Å². The summed E-state index contributed by atoms with van der Waals surface area (Å²) in [5, 5.41) is -0.231. The predicted octanol–water partition coefficient (Wildman–Crippen LogP) is 2.85. The van der Waals surface area contributed by atoms with Crippen molar-refractivity contribution in [2.75, 3.05) is 7.11 Å². The minimum absolute atomic E-state index is 0.0835. The summed E-state index contributed by atoms with van der Waals surface area (Å²) in [6.07, 6.45) is 0. The zero-order chi connectivity index (χ0) is 17.6. The normalized spacial score (nSPS) is 12.4. The Morgan fingerprint density at radius 2 is 1.91 bits per heavy atom. The Labute approximate surface area is 133 Å². The maximum absolute atomic E-state index is 12.4. The second kappa shape index (κ2) is 5.60. The summed E-state index contributed by atoms with van der Waals surface area (Å²) in [4.78, 5) is 11.6. The molecule has 23 heavy (non-hydrogen) atoms. The number of nitrogens with zero attached hydrogens (tertiary/aromatic N) is 1. The van der Waals surface area contributed by atoms with Gasteiger partial charge in [0, 0.05) is 12.4 Å². The molecule has 0 unspecified atom stereocenters. The molecule has 0 saturated carbocycles. The number of esters is 1. The van der Waals surface area contributed by atoms with E-state index >= 15 is 0 Å². The zero-order valence-corrected chi connectivity index (χ0v) is 13.2. The largest absolute Gasteiger partial charge is 0.534 e. The van der Waals surface area contributed by atoms with Gasteiger partial charge in [-0.25, -0.2) is 4.79 Å². The van der Waals surface area contributed by atoms with Crippen LogP contribution in [-0.4, -0.2) is 31.6 Å². The Bertz CT molecular complexity index is 888.